The molecule has 2 aromatic heterocycles. The topological polar surface area (TPSA) is 73.0 Å². The molecule has 4 rings (SSSR count). The minimum atomic E-state index is -0.304. The zero-order chi connectivity index (χ0) is 15.6. The summed E-state index contributed by atoms with van der Waals surface area (Å²) in [5, 5.41) is 10.9. The highest BCUT2D eigenvalue weighted by Gasteiger charge is 2.22. The van der Waals surface area contributed by atoms with Crippen molar-refractivity contribution >= 4 is 11.6 Å². The Morgan fingerprint density at radius 1 is 1.30 bits per heavy atom. The number of benzene rings is 1. The SMILES string of the molecule is O=C(Nc1cnn(CC2CC2)c1)c1cc(-c2ccccc2)on1. The molecule has 1 saturated carbocycles. The van der Waals surface area contributed by atoms with E-state index in [4.69, 9.17) is 4.52 Å². The summed E-state index contributed by atoms with van der Waals surface area (Å²) < 4.78 is 7.11. The summed E-state index contributed by atoms with van der Waals surface area (Å²) in [7, 11) is 0. The predicted molar refractivity (Wildman–Crippen MR) is 84.8 cm³/mol. The molecule has 1 amide bonds. The molecule has 0 radical (unpaired) electrons. The van der Waals surface area contributed by atoms with Gasteiger partial charge in [-0.05, 0) is 18.8 Å². The fourth-order valence-corrected chi connectivity index (χ4v) is 2.41. The Hall–Kier alpha value is -2.89. The van der Waals surface area contributed by atoms with Crippen molar-refractivity contribution in [2.75, 3.05) is 5.32 Å². The highest BCUT2D eigenvalue weighted by Crippen LogP contribution is 2.30. The molecule has 0 bridgehead atoms. The highest BCUT2D eigenvalue weighted by atomic mass is 16.5. The van der Waals surface area contributed by atoms with Crippen molar-refractivity contribution < 1.29 is 9.32 Å². The van der Waals surface area contributed by atoms with Gasteiger partial charge in [0.15, 0.2) is 11.5 Å². The lowest BCUT2D eigenvalue weighted by molar-refractivity contribution is 0.101. The van der Waals surface area contributed by atoms with Crippen LogP contribution in [0.5, 0.6) is 0 Å². The van der Waals surface area contributed by atoms with E-state index in [2.05, 4.69) is 15.6 Å². The molecule has 0 spiro atoms. The molecule has 1 aromatic carbocycles. The van der Waals surface area contributed by atoms with Crippen LogP contribution in [0.15, 0.2) is 53.3 Å². The minimum Gasteiger partial charge on any atom is -0.355 e. The number of hydrogen-bond acceptors (Lipinski definition) is 4. The van der Waals surface area contributed by atoms with Crippen LogP contribution < -0.4 is 5.32 Å². The normalized spacial score (nSPS) is 13.9. The monoisotopic (exact) mass is 308 g/mol. The molecule has 1 aliphatic rings. The number of nitrogens with zero attached hydrogens (tertiary/aromatic N) is 3. The summed E-state index contributed by atoms with van der Waals surface area (Å²) in [4.78, 5) is 12.2. The van der Waals surface area contributed by atoms with E-state index >= 15 is 0 Å². The smallest absolute Gasteiger partial charge is 0.277 e. The molecule has 23 heavy (non-hydrogen) atoms. The number of nitrogens with one attached hydrogen (secondary N) is 1. The molecule has 2 heterocycles. The lowest BCUT2D eigenvalue weighted by Gasteiger charge is -1.98. The fraction of sp³-hybridized carbons (Fsp3) is 0.235. The van der Waals surface area contributed by atoms with E-state index in [0.29, 0.717) is 11.4 Å². The average Bonchev–Trinajstić information content (AvgIpc) is 3.07. The quantitative estimate of drug-likeness (QED) is 0.785. The van der Waals surface area contributed by atoms with Gasteiger partial charge in [-0.25, -0.2) is 0 Å². The van der Waals surface area contributed by atoms with Crippen molar-refractivity contribution in [3.63, 3.8) is 0 Å². The van der Waals surface area contributed by atoms with E-state index in [1.165, 1.54) is 12.8 Å². The Bertz CT molecular complexity index is 818. The molecule has 0 unspecified atom stereocenters. The van der Waals surface area contributed by atoms with Crippen LogP contribution in [0.2, 0.25) is 0 Å². The van der Waals surface area contributed by atoms with Crippen LogP contribution in [0.1, 0.15) is 23.3 Å². The van der Waals surface area contributed by atoms with E-state index in [1.807, 2.05) is 41.2 Å². The molecular weight excluding hydrogens is 292 g/mol. The lowest BCUT2D eigenvalue weighted by atomic mass is 10.1. The third-order valence-electron chi connectivity index (χ3n) is 3.83. The van der Waals surface area contributed by atoms with Crippen molar-refractivity contribution in [2.45, 2.75) is 19.4 Å². The largest absolute Gasteiger partial charge is 0.355 e. The van der Waals surface area contributed by atoms with Gasteiger partial charge < -0.3 is 9.84 Å². The van der Waals surface area contributed by atoms with Crippen LogP contribution >= 0.6 is 0 Å². The van der Waals surface area contributed by atoms with E-state index in [0.717, 1.165) is 18.0 Å². The fourth-order valence-electron chi connectivity index (χ4n) is 2.41. The second-order valence-electron chi connectivity index (χ2n) is 5.79. The second kappa shape index (κ2) is 5.72. The Kier molecular flexibility index (Phi) is 3.42. The van der Waals surface area contributed by atoms with E-state index < -0.39 is 0 Å². The second-order valence-corrected chi connectivity index (χ2v) is 5.79. The van der Waals surface area contributed by atoms with Gasteiger partial charge in [0.25, 0.3) is 5.91 Å². The number of amides is 1. The first kappa shape index (κ1) is 13.8. The molecule has 0 atom stereocenters. The minimum absolute atomic E-state index is 0.249. The van der Waals surface area contributed by atoms with E-state index in [9.17, 15) is 4.79 Å². The third-order valence-corrected chi connectivity index (χ3v) is 3.83. The van der Waals surface area contributed by atoms with Gasteiger partial charge in [0.05, 0.1) is 11.9 Å². The molecule has 0 aliphatic heterocycles. The van der Waals surface area contributed by atoms with Gasteiger partial charge in [-0.15, -0.1) is 0 Å². The molecule has 1 aliphatic carbocycles. The molecule has 1 N–H and O–H groups in total. The number of carbonyl (C=O) groups excluding carboxylic acids is 1. The first-order valence-corrected chi connectivity index (χ1v) is 7.64. The van der Waals surface area contributed by atoms with Crippen molar-refractivity contribution in [3.8, 4) is 11.3 Å². The third kappa shape index (κ3) is 3.15. The summed E-state index contributed by atoms with van der Waals surface area (Å²) in [6, 6.07) is 11.2. The number of anilines is 1. The van der Waals surface area contributed by atoms with Gasteiger partial charge in [-0.3, -0.25) is 9.48 Å². The van der Waals surface area contributed by atoms with Gasteiger partial charge >= 0.3 is 0 Å². The van der Waals surface area contributed by atoms with Crippen LogP contribution in [-0.4, -0.2) is 20.8 Å². The zero-order valence-electron chi connectivity index (χ0n) is 12.5. The molecule has 116 valence electrons. The Balaban J connectivity index is 1.44. The van der Waals surface area contributed by atoms with Gasteiger partial charge in [0.2, 0.25) is 0 Å². The Morgan fingerprint density at radius 2 is 2.13 bits per heavy atom. The Morgan fingerprint density at radius 3 is 2.91 bits per heavy atom. The van der Waals surface area contributed by atoms with E-state index in [-0.39, 0.29) is 11.6 Å². The first-order valence-electron chi connectivity index (χ1n) is 7.64. The molecule has 1 fully saturated rings. The number of aromatic nitrogens is 3. The number of hydrogen-bond donors (Lipinski definition) is 1. The predicted octanol–water partition coefficient (Wildman–Crippen LogP) is 3.20. The molecule has 6 nitrogen and oxygen atoms in total. The summed E-state index contributed by atoms with van der Waals surface area (Å²) >= 11 is 0. The van der Waals surface area contributed by atoms with Gasteiger partial charge in [0.1, 0.15) is 0 Å². The van der Waals surface area contributed by atoms with Crippen LogP contribution in [0.3, 0.4) is 0 Å². The zero-order valence-corrected chi connectivity index (χ0v) is 12.5. The van der Waals surface area contributed by atoms with Crippen molar-refractivity contribution in [1.82, 2.24) is 14.9 Å². The molecule has 3 aromatic rings. The summed E-state index contributed by atoms with van der Waals surface area (Å²) in [5.41, 5.74) is 1.80. The van der Waals surface area contributed by atoms with Crippen LogP contribution in [0, 0.1) is 5.92 Å². The van der Waals surface area contributed by atoms with Gasteiger partial charge in [0, 0.05) is 24.4 Å². The lowest BCUT2D eigenvalue weighted by Crippen LogP contribution is -2.11. The summed E-state index contributed by atoms with van der Waals surface area (Å²) in [6.07, 6.45) is 6.03. The molecular formula is C17H16N4O2. The highest BCUT2D eigenvalue weighted by molar-refractivity contribution is 6.03. The standard InChI is InChI=1S/C17H16N4O2/c22-17(19-14-9-18-21(11-14)10-12-6-7-12)15-8-16(23-20-15)13-4-2-1-3-5-13/h1-5,8-9,11-12H,6-7,10H2,(H,19,22). The first-order chi connectivity index (χ1) is 11.3. The maximum Gasteiger partial charge on any atom is 0.277 e. The van der Waals surface area contributed by atoms with Crippen molar-refractivity contribution in [2.24, 2.45) is 5.92 Å². The van der Waals surface area contributed by atoms with Crippen molar-refractivity contribution in [1.29, 1.82) is 0 Å². The van der Waals surface area contributed by atoms with Crippen LogP contribution in [0.25, 0.3) is 11.3 Å². The van der Waals surface area contributed by atoms with Crippen LogP contribution in [-0.2, 0) is 6.54 Å². The summed E-state index contributed by atoms with van der Waals surface area (Å²) in [6.45, 7) is 0.915. The number of carbonyl (C=O) groups is 1. The maximum absolute atomic E-state index is 12.2. The van der Waals surface area contributed by atoms with E-state index in [1.54, 1.807) is 12.3 Å². The Labute approximate surface area is 133 Å². The van der Waals surface area contributed by atoms with Gasteiger partial charge in [-0.1, -0.05) is 35.5 Å². The van der Waals surface area contributed by atoms with Crippen LogP contribution in [0.4, 0.5) is 5.69 Å². The maximum atomic E-state index is 12.2. The van der Waals surface area contributed by atoms with Gasteiger partial charge in [-0.2, -0.15) is 5.10 Å². The molecule has 6 heteroatoms. The molecule has 0 saturated heterocycles. The average molecular weight is 308 g/mol. The summed E-state index contributed by atoms with van der Waals surface area (Å²) in [5.74, 6) is 1.00. The number of rotatable bonds is 5. The van der Waals surface area contributed by atoms with Crippen molar-refractivity contribution in [3.05, 3.63) is 54.5 Å².